The Kier molecular flexibility index (Phi) is 18.0. The summed E-state index contributed by atoms with van der Waals surface area (Å²) in [6.45, 7) is 2.29. The largest absolute Gasteiger partial charge is 0.0992 e. The highest BCUT2D eigenvalue weighted by molar-refractivity contribution is 7.23. The smallest absolute Gasteiger partial charge is 0.00919 e. The quantitative estimate of drug-likeness (QED) is 0.189. The Morgan fingerprint density at radius 2 is 0.947 bits per heavy atom. The third-order valence-electron chi connectivity index (χ3n) is 3.76. The monoisotopic (exact) mass is 282 g/mol. The van der Waals surface area contributed by atoms with Crippen LogP contribution in [0.1, 0.15) is 103 Å². The summed E-state index contributed by atoms with van der Waals surface area (Å²) in [5.41, 5.74) is 2.88. The molecule has 0 radical (unpaired) electrons. The fourth-order valence-electron chi connectivity index (χ4n) is 2.48. The van der Waals surface area contributed by atoms with E-state index in [-0.39, 0.29) is 0 Å². The number of rotatable bonds is 14. The van der Waals surface area contributed by atoms with Crippen LogP contribution in [0.2, 0.25) is 0 Å². The summed E-state index contributed by atoms with van der Waals surface area (Å²) in [7, 11) is 2.47. The first kappa shape index (κ1) is 19.0. The SMILES string of the molecule is CCCCCCCCCCCCCCCCC#CP. The average molecular weight is 282 g/mol. The van der Waals surface area contributed by atoms with E-state index in [2.05, 4.69) is 27.7 Å². The maximum Gasteiger partial charge on any atom is 0.00919 e. The van der Waals surface area contributed by atoms with Gasteiger partial charge in [0.25, 0.3) is 0 Å². The molecule has 0 heterocycles. The van der Waals surface area contributed by atoms with Crippen molar-refractivity contribution in [2.45, 2.75) is 103 Å². The third-order valence-corrected chi connectivity index (χ3v) is 3.96. The molecule has 0 fully saturated rings. The fraction of sp³-hybridized carbons (Fsp3) is 0.889. The van der Waals surface area contributed by atoms with Gasteiger partial charge in [-0.15, -0.1) is 0 Å². The Morgan fingerprint density at radius 3 is 1.32 bits per heavy atom. The van der Waals surface area contributed by atoms with Crippen LogP contribution in [0.4, 0.5) is 0 Å². The number of hydrogen-bond acceptors (Lipinski definition) is 0. The van der Waals surface area contributed by atoms with E-state index in [1.165, 1.54) is 89.9 Å². The van der Waals surface area contributed by atoms with E-state index < -0.39 is 0 Å². The van der Waals surface area contributed by atoms with Gasteiger partial charge in [-0.3, -0.25) is 0 Å². The molecule has 0 N–H and O–H groups in total. The Bertz CT molecular complexity index is 211. The van der Waals surface area contributed by atoms with Crippen molar-refractivity contribution in [3.63, 3.8) is 0 Å². The molecule has 1 atom stereocenters. The van der Waals surface area contributed by atoms with Crippen LogP contribution in [-0.4, -0.2) is 0 Å². The summed E-state index contributed by atoms with van der Waals surface area (Å²) in [4.78, 5) is 0. The second-order valence-electron chi connectivity index (χ2n) is 5.67. The van der Waals surface area contributed by atoms with Gasteiger partial charge in [0.05, 0.1) is 0 Å². The van der Waals surface area contributed by atoms with Crippen LogP contribution in [0.3, 0.4) is 0 Å². The van der Waals surface area contributed by atoms with E-state index in [0.717, 1.165) is 6.42 Å². The molecule has 0 nitrogen and oxygen atoms in total. The standard InChI is InChI=1S/C18H35P/c1-2-3-4-5-6-7-8-9-10-11-12-13-14-15-16-17-18-19/h2-16,19H2,1H3. The molecule has 0 saturated carbocycles. The first-order chi connectivity index (χ1) is 9.41. The van der Waals surface area contributed by atoms with Crippen LogP contribution in [0.5, 0.6) is 0 Å². The van der Waals surface area contributed by atoms with Crippen molar-refractivity contribution in [1.82, 2.24) is 0 Å². The van der Waals surface area contributed by atoms with E-state index in [9.17, 15) is 0 Å². The summed E-state index contributed by atoms with van der Waals surface area (Å²) < 4.78 is 0. The lowest BCUT2D eigenvalue weighted by atomic mass is 10.0. The molecule has 112 valence electrons. The van der Waals surface area contributed by atoms with E-state index in [1.807, 2.05) is 0 Å². The second-order valence-corrected chi connectivity index (χ2v) is 5.96. The highest BCUT2D eigenvalue weighted by Gasteiger charge is 1.93. The Morgan fingerprint density at radius 1 is 0.579 bits per heavy atom. The van der Waals surface area contributed by atoms with Crippen LogP contribution < -0.4 is 0 Å². The van der Waals surface area contributed by atoms with Gasteiger partial charge >= 0.3 is 0 Å². The molecule has 0 rings (SSSR count). The van der Waals surface area contributed by atoms with Crippen LogP contribution >= 0.6 is 9.24 Å². The number of unbranched alkanes of at least 4 members (excludes halogenated alkanes) is 14. The molecule has 1 heteroatoms. The molecule has 0 amide bonds. The van der Waals surface area contributed by atoms with Gasteiger partial charge in [-0.25, -0.2) is 0 Å². The minimum Gasteiger partial charge on any atom is -0.0992 e. The fourth-order valence-corrected chi connectivity index (χ4v) is 2.62. The minimum absolute atomic E-state index is 1.08. The second kappa shape index (κ2) is 18.0. The predicted octanol–water partition coefficient (Wildman–Crippen LogP) is 6.69. The van der Waals surface area contributed by atoms with Gasteiger partial charge in [-0.05, 0) is 6.42 Å². The maximum absolute atomic E-state index is 3.10. The van der Waals surface area contributed by atoms with Gasteiger partial charge in [0.1, 0.15) is 0 Å². The van der Waals surface area contributed by atoms with Crippen molar-refractivity contribution in [2.75, 3.05) is 0 Å². The summed E-state index contributed by atoms with van der Waals surface area (Å²) >= 11 is 0. The minimum atomic E-state index is 1.08. The first-order valence-electron chi connectivity index (χ1n) is 8.60. The highest BCUT2D eigenvalue weighted by Crippen LogP contribution is 2.13. The summed E-state index contributed by atoms with van der Waals surface area (Å²) in [6, 6.07) is 0. The molecular formula is C18H35P. The zero-order chi connectivity index (χ0) is 14.0. The normalized spacial score (nSPS) is 10.2. The highest BCUT2D eigenvalue weighted by atomic mass is 31.0. The van der Waals surface area contributed by atoms with Gasteiger partial charge in [-0.1, -0.05) is 111 Å². The Balaban J connectivity index is 2.92. The molecule has 0 spiro atoms. The zero-order valence-corrected chi connectivity index (χ0v) is 14.3. The predicted molar refractivity (Wildman–Crippen MR) is 92.4 cm³/mol. The van der Waals surface area contributed by atoms with E-state index in [1.54, 1.807) is 0 Å². The maximum atomic E-state index is 3.10. The lowest BCUT2D eigenvalue weighted by molar-refractivity contribution is 0.536. The molecule has 0 aromatic carbocycles. The lowest BCUT2D eigenvalue weighted by Gasteiger charge is -2.02. The van der Waals surface area contributed by atoms with Crippen molar-refractivity contribution in [3.05, 3.63) is 0 Å². The zero-order valence-electron chi connectivity index (χ0n) is 13.2. The van der Waals surface area contributed by atoms with Crippen LogP contribution in [0.15, 0.2) is 0 Å². The van der Waals surface area contributed by atoms with Crippen molar-refractivity contribution in [3.8, 4) is 11.6 Å². The third kappa shape index (κ3) is 18.0. The van der Waals surface area contributed by atoms with Gasteiger partial charge in [0.15, 0.2) is 0 Å². The molecule has 0 aromatic rings. The van der Waals surface area contributed by atoms with Crippen LogP contribution in [-0.2, 0) is 0 Å². The van der Waals surface area contributed by atoms with Crippen LogP contribution in [0.25, 0.3) is 0 Å². The van der Waals surface area contributed by atoms with Crippen molar-refractivity contribution in [2.24, 2.45) is 0 Å². The van der Waals surface area contributed by atoms with Gasteiger partial charge < -0.3 is 0 Å². The van der Waals surface area contributed by atoms with E-state index >= 15 is 0 Å². The van der Waals surface area contributed by atoms with Crippen molar-refractivity contribution >= 4 is 9.24 Å². The summed E-state index contributed by atoms with van der Waals surface area (Å²) in [5, 5.41) is 0. The van der Waals surface area contributed by atoms with E-state index in [0.29, 0.717) is 0 Å². The Hall–Kier alpha value is -0.0100. The van der Waals surface area contributed by atoms with Crippen molar-refractivity contribution < 1.29 is 0 Å². The van der Waals surface area contributed by atoms with Gasteiger partial charge in [0.2, 0.25) is 0 Å². The first-order valence-corrected chi connectivity index (χ1v) is 9.18. The van der Waals surface area contributed by atoms with E-state index in [4.69, 9.17) is 0 Å². The molecule has 0 aliphatic rings. The molecule has 0 aliphatic carbocycles. The van der Waals surface area contributed by atoms with Crippen molar-refractivity contribution in [1.29, 1.82) is 0 Å². The molecule has 19 heavy (non-hydrogen) atoms. The summed E-state index contributed by atoms with van der Waals surface area (Å²) in [5.74, 6) is 3.10. The molecular weight excluding hydrogens is 247 g/mol. The molecule has 1 unspecified atom stereocenters. The lowest BCUT2D eigenvalue weighted by Crippen LogP contribution is -1.83. The van der Waals surface area contributed by atoms with Crippen LogP contribution in [0, 0.1) is 11.6 Å². The van der Waals surface area contributed by atoms with Gasteiger partial charge in [0, 0.05) is 6.42 Å². The summed E-state index contributed by atoms with van der Waals surface area (Å²) in [6.07, 6.45) is 21.1. The topological polar surface area (TPSA) is 0 Å². The Labute approximate surface area is 124 Å². The number of hydrogen-bond donors (Lipinski definition) is 0. The molecule has 0 aliphatic heterocycles. The molecule has 0 saturated heterocycles. The molecule has 0 aromatic heterocycles. The molecule has 0 bridgehead atoms. The average Bonchev–Trinajstić information content (AvgIpc) is 2.43. The van der Waals surface area contributed by atoms with Gasteiger partial charge in [-0.2, -0.15) is 0 Å².